The van der Waals surface area contributed by atoms with Gasteiger partial charge in [-0.15, -0.1) is 0 Å². The van der Waals surface area contributed by atoms with Crippen molar-refractivity contribution >= 4 is 0 Å². The van der Waals surface area contributed by atoms with E-state index in [-0.39, 0.29) is 5.54 Å². The quantitative estimate of drug-likeness (QED) is 0.702. The molecule has 5 nitrogen and oxygen atoms in total. The highest BCUT2D eigenvalue weighted by molar-refractivity contribution is 4.97. The summed E-state index contributed by atoms with van der Waals surface area (Å²) in [7, 11) is 5.91. The molecule has 0 saturated carbocycles. The Morgan fingerprint density at radius 1 is 1.44 bits per heavy atom. The van der Waals surface area contributed by atoms with Crippen molar-refractivity contribution in [3.05, 3.63) is 18.2 Å². The molecule has 1 heterocycles. The van der Waals surface area contributed by atoms with Crippen LogP contribution in [0.2, 0.25) is 0 Å². The van der Waals surface area contributed by atoms with Gasteiger partial charge < -0.3 is 19.5 Å². The van der Waals surface area contributed by atoms with E-state index >= 15 is 0 Å². The molecule has 0 unspecified atom stereocenters. The SMILES string of the molecule is COCCNCc1cn(CC(C)(C)N(C)C)cn1. The first kappa shape index (κ1) is 15.1. The molecule has 1 aromatic rings. The maximum absolute atomic E-state index is 4.98. The van der Waals surface area contributed by atoms with E-state index in [0.717, 1.165) is 31.9 Å². The molecule has 0 aliphatic heterocycles. The topological polar surface area (TPSA) is 42.3 Å². The zero-order chi connectivity index (χ0) is 13.6. The fraction of sp³-hybridized carbons (Fsp3) is 0.769. The highest BCUT2D eigenvalue weighted by Crippen LogP contribution is 2.13. The number of aromatic nitrogens is 2. The van der Waals surface area contributed by atoms with E-state index in [9.17, 15) is 0 Å². The summed E-state index contributed by atoms with van der Waals surface area (Å²) in [4.78, 5) is 6.62. The van der Waals surface area contributed by atoms with Crippen molar-refractivity contribution in [1.82, 2.24) is 19.8 Å². The van der Waals surface area contributed by atoms with Crippen molar-refractivity contribution in [3.8, 4) is 0 Å². The van der Waals surface area contributed by atoms with Crippen molar-refractivity contribution in [1.29, 1.82) is 0 Å². The van der Waals surface area contributed by atoms with Gasteiger partial charge in [-0.1, -0.05) is 0 Å². The smallest absolute Gasteiger partial charge is 0.0950 e. The van der Waals surface area contributed by atoms with Gasteiger partial charge in [-0.2, -0.15) is 0 Å². The summed E-state index contributed by atoms with van der Waals surface area (Å²) in [6.07, 6.45) is 4.00. The number of nitrogens with zero attached hydrogens (tertiary/aromatic N) is 3. The van der Waals surface area contributed by atoms with Crippen molar-refractivity contribution in [3.63, 3.8) is 0 Å². The van der Waals surface area contributed by atoms with Crippen molar-refractivity contribution in [2.45, 2.75) is 32.5 Å². The second-order valence-electron chi connectivity index (χ2n) is 5.41. The predicted octanol–water partition coefficient (Wildman–Crippen LogP) is 0.959. The zero-order valence-corrected chi connectivity index (χ0v) is 12.2. The molecule has 0 spiro atoms. The van der Waals surface area contributed by atoms with Gasteiger partial charge in [0, 0.05) is 38.5 Å². The predicted molar refractivity (Wildman–Crippen MR) is 73.6 cm³/mol. The highest BCUT2D eigenvalue weighted by Gasteiger charge is 2.20. The maximum Gasteiger partial charge on any atom is 0.0950 e. The van der Waals surface area contributed by atoms with Gasteiger partial charge in [0.2, 0.25) is 0 Å². The van der Waals surface area contributed by atoms with Crippen molar-refractivity contribution in [2.75, 3.05) is 34.4 Å². The van der Waals surface area contributed by atoms with Crippen LogP contribution in [0.5, 0.6) is 0 Å². The monoisotopic (exact) mass is 254 g/mol. The molecule has 0 atom stereocenters. The van der Waals surface area contributed by atoms with Crippen LogP contribution in [0.3, 0.4) is 0 Å². The Morgan fingerprint density at radius 2 is 2.17 bits per heavy atom. The Balaban J connectivity index is 2.43. The average molecular weight is 254 g/mol. The molecule has 104 valence electrons. The van der Waals surface area contributed by atoms with Crippen molar-refractivity contribution in [2.24, 2.45) is 0 Å². The summed E-state index contributed by atoms with van der Waals surface area (Å²) in [5.41, 5.74) is 1.20. The number of rotatable bonds is 8. The van der Waals surface area contributed by atoms with Gasteiger partial charge in [-0.25, -0.2) is 4.98 Å². The van der Waals surface area contributed by atoms with Gasteiger partial charge >= 0.3 is 0 Å². The Hall–Kier alpha value is -0.910. The number of methoxy groups -OCH3 is 1. The minimum absolute atomic E-state index is 0.126. The Bertz CT molecular complexity index is 347. The van der Waals surface area contributed by atoms with Crippen LogP contribution in [0, 0.1) is 0 Å². The number of ether oxygens (including phenoxy) is 1. The summed E-state index contributed by atoms with van der Waals surface area (Å²) in [6, 6.07) is 0. The lowest BCUT2D eigenvalue weighted by atomic mass is 10.0. The molecule has 1 rings (SSSR count). The molecule has 0 aromatic carbocycles. The minimum Gasteiger partial charge on any atom is -0.383 e. The molecule has 0 saturated heterocycles. The summed E-state index contributed by atoms with van der Waals surface area (Å²) in [5, 5.41) is 3.29. The van der Waals surface area contributed by atoms with E-state index in [1.165, 1.54) is 0 Å². The molecule has 1 aromatic heterocycles. The minimum atomic E-state index is 0.126. The highest BCUT2D eigenvalue weighted by atomic mass is 16.5. The van der Waals surface area contributed by atoms with E-state index in [0.29, 0.717) is 0 Å². The van der Waals surface area contributed by atoms with Crippen LogP contribution in [0.1, 0.15) is 19.5 Å². The van der Waals surface area contributed by atoms with Gasteiger partial charge in [0.25, 0.3) is 0 Å². The zero-order valence-electron chi connectivity index (χ0n) is 12.2. The summed E-state index contributed by atoms with van der Waals surface area (Å²) in [5.74, 6) is 0. The summed E-state index contributed by atoms with van der Waals surface area (Å²) < 4.78 is 7.13. The summed E-state index contributed by atoms with van der Waals surface area (Å²) >= 11 is 0. The molecule has 0 fully saturated rings. The largest absolute Gasteiger partial charge is 0.383 e. The molecule has 18 heavy (non-hydrogen) atoms. The molecule has 5 heteroatoms. The first-order valence-electron chi connectivity index (χ1n) is 6.33. The number of hydrogen-bond acceptors (Lipinski definition) is 4. The maximum atomic E-state index is 4.98. The summed E-state index contributed by atoms with van der Waals surface area (Å²) in [6.45, 7) is 7.76. The van der Waals surface area contributed by atoms with Gasteiger partial charge in [-0.05, 0) is 27.9 Å². The van der Waals surface area contributed by atoms with Crippen LogP contribution in [0.4, 0.5) is 0 Å². The molecule has 0 aliphatic carbocycles. The van der Waals surface area contributed by atoms with Gasteiger partial charge in [0.1, 0.15) is 0 Å². The van der Waals surface area contributed by atoms with Crippen LogP contribution in [0.15, 0.2) is 12.5 Å². The average Bonchev–Trinajstić information content (AvgIpc) is 2.71. The van der Waals surface area contributed by atoms with Gasteiger partial charge in [0.15, 0.2) is 0 Å². The van der Waals surface area contributed by atoms with E-state index in [1.807, 2.05) is 6.33 Å². The van der Waals surface area contributed by atoms with Crippen LogP contribution in [-0.2, 0) is 17.8 Å². The fourth-order valence-corrected chi connectivity index (χ4v) is 1.56. The molecule has 0 amide bonds. The first-order valence-corrected chi connectivity index (χ1v) is 6.33. The Labute approximate surface area is 110 Å². The lowest BCUT2D eigenvalue weighted by Crippen LogP contribution is -2.41. The fourth-order valence-electron chi connectivity index (χ4n) is 1.56. The molecule has 0 aliphatic rings. The van der Waals surface area contributed by atoms with E-state index in [1.54, 1.807) is 7.11 Å². The van der Waals surface area contributed by atoms with Crippen molar-refractivity contribution < 1.29 is 4.74 Å². The Kier molecular flexibility index (Phi) is 5.78. The van der Waals surface area contributed by atoms with Gasteiger partial charge in [0.05, 0.1) is 18.6 Å². The normalized spacial score (nSPS) is 12.3. The van der Waals surface area contributed by atoms with Gasteiger partial charge in [-0.3, -0.25) is 0 Å². The van der Waals surface area contributed by atoms with E-state index < -0.39 is 0 Å². The molecular formula is C13H26N4O. The lowest BCUT2D eigenvalue weighted by molar-refractivity contribution is 0.169. The Morgan fingerprint density at radius 3 is 2.78 bits per heavy atom. The molecular weight excluding hydrogens is 228 g/mol. The third-order valence-electron chi connectivity index (χ3n) is 3.26. The van der Waals surface area contributed by atoms with E-state index in [4.69, 9.17) is 4.74 Å². The van der Waals surface area contributed by atoms with Crippen LogP contribution >= 0.6 is 0 Å². The number of likely N-dealkylation sites (N-methyl/N-ethyl adjacent to an activating group) is 1. The van der Waals surface area contributed by atoms with Crippen LogP contribution in [-0.4, -0.2) is 54.3 Å². The molecule has 0 radical (unpaired) electrons. The second kappa shape index (κ2) is 6.87. The van der Waals surface area contributed by atoms with Crippen LogP contribution < -0.4 is 5.32 Å². The standard InChI is InChI=1S/C13H26N4O/c1-13(2,16(3)4)10-17-9-12(15-11-17)8-14-6-7-18-5/h9,11,14H,6-8,10H2,1-5H3. The number of nitrogens with one attached hydrogen (secondary N) is 1. The molecule has 0 bridgehead atoms. The third-order valence-corrected chi connectivity index (χ3v) is 3.26. The second-order valence-corrected chi connectivity index (χ2v) is 5.41. The number of imidazole rings is 1. The van der Waals surface area contributed by atoms with Crippen LogP contribution in [0.25, 0.3) is 0 Å². The lowest BCUT2D eigenvalue weighted by Gasteiger charge is -2.32. The first-order chi connectivity index (χ1) is 8.45. The van der Waals surface area contributed by atoms with E-state index in [2.05, 4.69) is 53.9 Å². The molecule has 1 N–H and O–H groups in total. The third kappa shape index (κ3) is 4.76. The number of hydrogen-bond donors (Lipinski definition) is 1.